The van der Waals surface area contributed by atoms with Crippen LogP contribution in [0.25, 0.3) is 0 Å². The minimum Gasteiger partial charge on any atom is -0.488 e. The zero-order chi connectivity index (χ0) is 33.9. The minimum absolute atomic E-state index is 0.0278. The molecule has 0 aliphatic carbocycles. The largest absolute Gasteiger partial charge is 0.488 e. The molecule has 1 heterocycles. The summed E-state index contributed by atoms with van der Waals surface area (Å²) in [5.74, 6) is -0.177. The Morgan fingerprint density at radius 1 is 1.09 bits per heavy atom. The van der Waals surface area contributed by atoms with E-state index in [1.807, 2.05) is 13.0 Å². The number of fused-ring (bicyclic) bond motifs is 1. The SMILES string of the molecule is C[C@H](Cc1cc2c(c(C(N)=O)c1)N(CCCO)CC2)NCCOc1ccccc1OCC(F)(F)F.Cc1ccccc1S(=O)(=O)O. The second-order valence-corrected chi connectivity index (χ2v) is 12.2. The molecule has 0 fully saturated rings. The first-order valence-electron chi connectivity index (χ1n) is 14.7. The number of primary amides is 1. The first-order chi connectivity index (χ1) is 21.7. The van der Waals surface area contributed by atoms with Crippen LogP contribution in [-0.2, 0) is 23.0 Å². The third-order valence-corrected chi connectivity index (χ3v) is 8.09. The standard InChI is InChI=1S/C25H32F3N3O4.C7H8O3S/c1-17(30-8-12-34-21-5-2-3-6-22(21)35-16-25(26,27)28)13-18-14-19-7-10-31(9-4-11-32)23(19)20(15-18)24(29)33;1-6-4-2-3-5-7(6)11(8,9)10/h2-3,5-6,14-15,17,30,32H,4,7-13,16H2,1H3,(H2,29,33);2-5H,1H3,(H,8,9,10)/t17-;/m1./s1. The number of aliphatic hydroxyl groups excluding tert-OH is 1. The highest BCUT2D eigenvalue weighted by Crippen LogP contribution is 2.34. The fourth-order valence-corrected chi connectivity index (χ4v) is 5.79. The number of aliphatic hydroxyl groups is 1. The van der Waals surface area contributed by atoms with E-state index in [2.05, 4.69) is 16.3 Å². The van der Waals surface area contributed by atoms with E-state index in [-0.39, 0.29) is 35.7 Å². The second-order valence-electron chi connectivity index (χ2n) is 10.8. The Kier molecular flexibility index (Phi) is 13.2. The zero-order valence-corrected chi connectivity index (χ0v) is 26.5. The fraction of sp³-hybridized carbons (Fsp3) is 0.406. The van der Waals surface area contributed by atoms with Gasteiger partial charge < -0.3 is 30.5 Å². The highest BCUT2D eigenvalue weighted by atomic mass is 32.2. The number of ether oxygens (including phenoxy) is 2. The first kappa shape index (κ1) is 36.6. The van der Waals surface area contributed by atoms with Gasteiger partial charge in [0.25, 0.3) is 16.0 Å². The van der Waals surface area contributed by atoms with E-state index in [4.69, 9.17) is 24.9 Å². The number of rotatable bonds is 14. The predicted molar refractivity (Wildman–Crippen MR) is 168 cm³/mol. The van der Waals surface area contributed by atoms with Gasteiger partial charge in [-0.15, -0.1) is 0 Å². The van der Waals surface area contributed by atoms with Crippen LogP contribution in [0, 0.1) is 6.92 Å². The van der Waals surface area contributed by atoms with E-state index in [0.717, 1.165) is 29.8 Å². The Hall–Kier alpha value is -3.85. The molecule has 252 valence electrons. The van der Waals surface area contributed by atoms with Gasteiger partial charge >= 0.3 is 6.18 Å². The van der Waals surface area contributed by atoms with Gasteiger partial charge in [-0.25, -0.2) is 0 Å². The van der Waals surface area contributed by atoms with Crippen LogP contribution in [0.3, 0.4) is 0 Å². The molecule has 0 saturated carbocycles. The van der Waals surface area contributed by atoms with Gasteiger partial charge in [0.2, 0.25) is 0 Å². The molecule has 0 spiro atoms. The summed E-state index contributed by atoms with van der Waals surface area (Å²) in [6.45, 7) is 4.52. The molecule has 1 amide bonds. The Balaban J connectivity index is 0.000000441. The summed E-state index contributed by atoms with van der Waals surface area (Å²) < 4.78 is 77.6. The lowest BCUT2D eigenvalue weighted by Gasteiger charge is -2.22. The Morgan fingerprint density at radius 2 is 1.74 bits per heavy atom. The third kappa shape index (κ3) is 11.2. The Morgan fingerprint density at radius 3 is 2.33 bits per heavy atom. The van der Waals surface area contributed by atoms with Crippen molar-refractivity contribution in [3.8, 4) is 11.5 Å². The second kappa shape index (κ2) is 16.6. The Bertz CT molecular complexity index is 1570. The summed E-state index contributed by atoms with van der Waals surface area (Å²) in [6, 6.07) is 16.5. The molecular weight excluding hydrogens is 627 g/mol. The molecular formula is C32H40F3N3O7S. The van der Waals surface area contributed by atoms with Crippen molar-refractivity contribution in [3.63, 3.8) is 0 Å². The topological polar surface area (TPSA) is 151 Å². The van der Waals surface area contributed by atoms with Crippen molar-refractivity contribution in [2.45, 2.75) is 50.2 Å². The van der Waals surface area contributed by atoms with Crippen LogP contribution in [0.1, 0.15) is 40.4 Å². The van der Waals surface area contributed by atoms with Crippen LogP contribution in [-0.4, -0.2) is 75.7 Å². The van der Waals surface area contributed by atoms with Crippen molar-refractivity contribution in [3.05, 3.63) is 82.9 Å². The zero-order valence-electron chi connectivity index (χ0n) is 25.7. The van der Waals surface area contributed by atoms with Crippen molar-refractivity contribution < 1.29 is 45.5 Å². The summed E-state index contributed by atoms with van der Waals surface area (Å²) >= 11 is 0. The van der Waals surface area contributed by atoms with Crippen molar-refractivity contribution in [1.29, 1.82) is 0 Å². The molecule has 0 aromatic heterocycles. The smallest absolute Gasteiger partial charge is 0.422 e. The van der Waals surface area contributed by atoms with E-state index in [1.54, 1.807) is 43.3 Å². The number of amides is 1. The molecule has 46 heavy (non-hydrogen) atoms. The Labute approximate surface area is 267 Å². The normalized spacial score (nSPS) is 13.4. The number of nitrogens with two attached hydrogens (primary N) is 1. The minimum atomic E-state index is -4.42. The van der Waals surface area contributed by atoms with Gasteiger partial charge in [0.1, 0.15) is 6.61 Å². The van der Waals surface area contributed by atoms with Gasteiger partial charge in [0.05, 0.1) is 16.1 Å². The number of alkyl halides is 3. The number of carbonyl (C=O) groups is 1. The molecule has 10 nitrogen and oxygen atoms in total. The third-order valence-electron chi connectivity index (χ3n) is 7.07. The van der Waals surface area contributed by atoms with Gasteiger partial charge in [0, 0.05) is 32.3 Å². The summed E-state index contributed by atoms with van der Waals surface area (Å²) in [5, 5.41) is 12.5. The number of hydrogen-bond donors (Lipinski definition) is 4. The lowest BCUT2D eigenvalue weighted by Crippen LogP contribution is -2.32. The fourth-order valence-electron chi connectivity index (χ4n) is 5.07. The van der Waals surface area contributed by atoms with Gasteiger partial charge in [-0.1, -0.05) is 36.4 Å². The summed E-state index contributed by atoms with van der Waals surface area (Å²) in [4.78, 5) is 14.2. The van der Waals surface area contributed by atoms with Crippen LogP contribution in [0.2, 0.25) is 0 Å². The number of aryl methyl sites for hydroxylation is 1. The molecule has 3 aromatic rings. The van der Waals surface area contributed by atoms with E-state index in [1.165, 1.54) is 12.1 Å². The molecule has 0 saturated heterocycles. The summed E-state index contributed by atoms with van der Waals surface area (Å²) in [6.07, 6.45) is -2.31. The van der Waals surface area contributed by atoms with Crippen LogP contribution < -0.4 is 25.4 Å². The first-order valence-corrected chi connectivity index (χ1v) is 16.1. The van der Waals surface area contributed by atoms with E-state index in [9.17, 15) is 26.4 Å². The molecule has 0 bridgehead atoms. The average Bonchev–Trinajstić information content (AvgIpc) is 3.39. The van der Waals surface area contributed by atoms with Crippen LogP contribution in [0.5, 0.6) is 11.5 Å². The van der Waals surface area contributed by atoms with Crippen molar-refractivity contribution >= 4 is 21.7 Å². The number of nitrogens with one attached hydrogen (secondary N) is 1. The maximum Gasteiger partial charge on any atom is 0.422 e. The maximum absolute atomic E-state index is 12.4. The number of halogens is 3. The van der Waals surface area contributed by atoms with Crippen LogP contribution >= 0.6 is 0 Å². The number of para-hydroxylation sites is 2. The lowest BCUT2D eigenvalue weighted by atomic mass is 9.98. The van der Waals surface area contributed by atoms with Crippen LogP contribution in [0.15, 0.2) is 65.6 Å². The lowest BCUT2D eigenvalue weighted by molar-refractivity contribution is -0.153. The van der Waals surface area contributed by atoms with E-state index in [0.29, 0.717) is 37.1 Å². The molecule has 4 rings (SSSR count). The molecule has 14 heteroatoms. The summed E-state index contributed by atoms with van der Waals surface area (Å²) in [7, 11) is -4.03. The number of nitrogens with zero attached hydrogens (tertiary/aromatic N) is 1. The quantitative estimate of drug-likeness (QED) is 0.146. The van der Waals surface area contributed by atoms with E-state index < -0.39 is 28.8 Å². The molecule has 3 aromatic carbocycles. The monoisotopic (exact) mass is 667 g/mol. The number of benzene rings is 3. The van der Waals surface area contributed by atoms with Crippen molar-refractivity contribution in [2.24, 2.45) is 5.73 Å². The highest BCUT2D eigenvalue weighted by Gasteiger charge is 2.29. The average molecular weight is 668 g/mol. The maximum atomic E-state index is 12.4. The van der Waals surface area contributed by atoms with Crippen molar-refractivity contribution in [2.75, 3.05) is 44.4 Å². The number of hydrogen-bond acceptors (Lipinski definition) is 8. The van der Waals surface area contributed by atoms with Gasteiger partial charge in [-0.2, -0.15) is 21.6 Å². The van der Waals surface area contributed by atoms with Crippen LogP contribution in [0.4, 0.5) is 18.9 Å². The molecule has 1 atom stereocenters. The molecule has 5 N–H and O–H groups in total. The highest BCUT2D eigenvalue weighted by molar-refractivity contribution is 7.85. The predicted octanol–water partition coefficient (Wildman–Crippen LogP) is 4.31. The molecule has 1 aliphatic heterocycles. The van der Waals surface area contributed by atoms with E-state index >= 15 is 0 Å². The summed E-state index contributed by atoms with van der Waals surface area (Å²) in [5.41, 5.74) is 9.67. The van der Waals surface area contributed by atoms with Crippen molar-refractivity contribution in [1.82, 2.24) is 5.32 Å². The molecule has 0 unspecified atom stereocenters. The van der Waals surface area contributed by atoms with Gasteiger partial charge in [-0.05, 0) is 74.1 Å². The van der Waals surface area contributed by atoms with Gasteiger partial charge in [-0.3, -0.25) is 9.35 Å². The number of anilines is 1. The molecule has 0 radical (unpaired) electrons. The molecule has 1 aliphatic rings. The van der Waals surface area contributed by atoms with Gasteiger partial charge in [0.15, 0.2) is 18.1 Å². The number of carbonyl (C=O) groups excluding carboxylic acids is 1.